The second kappa shape index (κ2) is 4.75. The van der Waals surface area contributed by atoms with E-state index in [2.05, 4.69) is 62.6 Å². The van der Waals surface area contributed by atoms with Crippen LogP contribution in [0.1, 0.15) is 11.1 Å². The molecule has 82 valence electrons. The van der Waals surface area contributed by atoms with Gasteiger partial charge in [0.15, 0.2) is 0 Å². The molecule has 0 aliphatic heterocycles. The van der Waals surface area contributed by atoms with Crippen LogP contribution in [0.2, 0.25) is 0 Å². The van der Waals surface area contributed by atoms with Crippen molar-refractivity contribution in [2.24, 2.45) is 0 Å². The monoisotopic (exact) mass is 228 g/mol. The van der Waals surface area contributed by atoms with Crippen LogP contribution in [0.25, 0.3) is 11.1 Å². The van der Waals surface area contributed by atoms with Gasteiger partial charge < -0.3 is 0 Å². The summed E-state index contributed by atoms with van der Waals surface area (Å²) >= 11 is 1.79. The van der Waals surface area contributed by atoms with E-state index in [1.54, 1.807) is 11.8 Å². The topological polar surface area (TPSA) is 0 Å². The van der Waals surface area contributed by atoms with Crippen molar-refractivity contribution in [1.82, 2.24) is 0 Å². The average molecular weight is 228 g/mol. The highest BCUT2D eigenvalue weighted by molar-refractivity contribution is 7.98. The number of aryl methyl sites for hydroxylation is 1. The van der Waals surface area contributed by atoms with Crippen molar-refractivity contribution in [1.29, 1.82) is 0 Å². The highest BCUT2D eigenvalue weighted by atomic mass is 32.2. The van der Waals surface area contributed by atoms with E-state index in [1.165, 1.54) is 27.1 Å². The fourth-order valence-corrected chi connectivity index (χ4v) is 2.31. The van der Waals surface area contributed by atoms with Gasteiger partial charge in [-0.1, -0.05) is 30.3 Å². The van der Waals surface area contributed by atoms with Gasteiger partial charge in [-0.2, -0.15) is 0 Å². The fraction of sp³-hybridized carbons (Fsp3) is 0.200. The van der Waals surface area contributed by atoms with E-state index in [9.17, 15) is 0 Å². The molecule has 2 rings (SSSR count). The summed E-state index contributed by atoms with van der Waals surface area (Å²) in [7, 11) is 0. The first-order valence-corrected chi connectivity index (χ1v) is 6.65. The first-order valence-electron chi connectivity index (χ1n) is 5.43. The van der Waals surface area contributed by atoms with Gasteiger partial charge in [0.25, 0.3) is 0 Å². The molecule has 0 fully saturated rings. The predicted molar refractivity (Wildman–Crippen MR) is 73.1 cm³/mol. The van der Waals surface area contributed by atoms with Crippen molar-refractivity contribution < 1.29 is 0 Å². The minimum atomic E-state index is 1.31. The first kappa shape index (κ1) is 11.3. The van der Waals surface area contributed by atoms with Crippen LogP contribution in [0.4, 0.5) is 0 Å². The maximum Gasteiger partial charge on any atom is 0.00752 e. The van der Waals surface area contributed by atoms with Crippen LogP contribution in [0.5, 0.6) is 0 Å². The Morgan fingerprint density at radius 1 is 0.938 bits per heavy atom. The third kappa shape index (κ3) is 2.14. The van der Waals surface area contributed by atoms with Gasteiger partial charge in [0, 0.05) is 4.90 Å². The second-order valence-electron chi connectivity index (χ2n) is 3.98. The van der Waals surface area contributed by atoms with E-state index in [0.717, 1.165) is 0 Å². The zero-order valence-electron chi connectivity index (χ0n) is 9.95. The Labute approximate surface area is 102 Å². The van der Waals surface area contributed by atoms with Gasteiger partial charge >= 0.3 is 0 Å². The largest absolute Gasteiger partial charge is 0.130 e. The molecule has 0 saturated carbocycles. The summed E-state index contributed by atoms with van der Waals surface area (Å²) in [6, 6.07) is 15.2. The summed E-state index contributed by atoms with van der Waals surface area (Å²) in [5.74, 6) is 0. The maximum absolute atomic E-state index is 2.26. The predicted octanol–water partition coefficient (Wildman–Crippen LogP) is 4.69. The molecule has 2 aromatic carbocycles. The first-order chi connectivity index (χ1) is 7.72. The lowest BCUT2D eigenvalue weighted by atomic mass is 9.97. The van der Waals surface area contributed by atoms with Crippen LogP contribution >= 0.6 is 11.8 Å². The average Bonchev–Trinajstić information content (AvgIpc) is 2.33. The SMILES string of the molecule is CSc1cccc(-c2cccc(C)c2C)c1. The lowest BCUT2D eigenvalue weighted by molar-refractivity contribution is 1.33. The Balaban J connectivity index is 2.54. The molecule has 0 aliphatic carbocycles. The van der Waals surface area contributed by atoms with Crippen LogP contribution in [-0.4, -0.2) is 6.26 Å². The third-order valence-electron chi connectivity index (χ3n) is 2.99. The molecule has 0 bridgehead atoms. The van der Waals surface area contributed by atoms with E-state index in [4.69, 9.17) is 0 Å². The van der Waals surface area contributed by atoms with Crippen molar-refractivity contribution in [3.63, 3.8) is 0 Å². The van der Waals surface area contributed by atoms with Gasteiger partial charge in [-0.15, -0.1) is 11.8 Å². The van der Waals surface area contributed by atoms with Gasteiger partial charge in [-0.3, -0.25) is 0 Å². The number of hydrogen-bond acceptors (Lipinski definition) is 1. The fourth-order valence-electron chi connectivity index (χ4n) is 1.85. The van der Waals surface area contributed by atoms with Gasteiger partial charge in [0.1, 0.15) is 0 Å². The van der Waals surface area contributed by atoms with E-state index < -0.39 is 0 Å². The molecule has 0 saturated heterocycles. The molecule has 0 spiro atoms. The zero-order chi connectivity index (χ0) is 11.5. The van der Waals surface area contributed by atoms with E-state index in [1.807, 2.05) is 0 Å². The Morgan fingerprint density at radius 3 is 2.44 bits per heavy atom. The van der Waals surface area contributed by atoms with Gasteiger partial charge in [0.05, 0.1) is 0 Å². The van der Waals surface area contributed by atoms with Gasteiger partial charge in [0.2, 0.25) is 0 Å². The van der Waals surface area contributed by atoms with E-state index in [0.29, 0.717) is 0 Å². The number of rotatable bonds is 2. The molecule has 0 atom stereocenters. The molecule has 0 N–H and O–H groups in total. The Bertz CT molecular complexity index is 501. The molecular weight excluding hydrogens is 212 g/mol. The van der Waals surface area contributed by atoms with Crippen molar-refractivity contribution in [3.05, 3.63) is 53.6 Å². The standard InChI is InChI=1S/C15H16S/c1-11-6-4-9-15(12(11)2)13-7-5-8-14(10-13)16-3/h4-10H,1-3H3. The maximum atomic E-state index is 2.26. The van der Waals surface area contributed by atoms with Crippen molar-refractivity contribution >= 4 is 11.8 Å². The molecule has 0 radical (unpaired) electrons. The van der Waals surface area contributed by atoms with Crippen LogP contribution in [0.15, 0.2) is 47.4 Å². The lowest BCUT2D eigenvalue weighted by Gasteiger charge is -2.09. The Kier molecular flexibility index (Phi) is 3.35. The molecular formula is C15H16S. The molecule has 0 aromatic heterocycles. The molecule has 0 unspecified atom stereocenters. The Hall–Kier alpha value is -1.21. The molecule has 0 aliphatic rings. The summed E-state index contributed by atoms with van der Waals surface area (Å²) in [4.78, 5) is 1.32. The van der Waals surface area contributed by atoms with Crippen molar-refractivity contribution in [2.75, 3.05) is 6.26 Å². The lowest BCUT2D eigenvalue weighted by Crippen LogP contribution is -1.86. The van der Waals surface area contributed by atoms with Gasteiger partial charge in [-0.05, 0) is 54.5 Å². The minimum absolute atomic E-state index is 1.31. The van der Waals surface area contributed by atoms with Crippen LogP contribution < -0.4 is 0 Å². The Morgan fingerprint density at radius 2 is 1.69 bits per heavy atom. The number of thioether (sulfide) groups is 1. The summed E-state index contributed by atoms with van der Waals surface area (Å²) in [5, 5.41) is 0. The summed E-state index contributed by atoms with van der Waals surface area (Å²) in [6.07, 6.45) is 2.11. The smallest absolute Gasteiger partial charge is 0.00752 e. The van der Waals surface area contributed by atoms with Crippen LogP contribution in [-0.2, 0) is 0 Å². The summed E-state index contributed by atoms with van der Waals surface area (Å²) < 4.78 is 0. The molecule has 0 nitrogen and oxygen atoms in total. The summed E-state index contributed by atoms with van der Waals surface area (Å²) in [5.41, 5.74) is 5.39. The number of hydrogen-bond donors (Lipinski definition) is 0. The minimum Gasteiger partial charge on any atom is -0.130 e. The molecule has 0 amide bonds. The third-order valence-corrected chi connectivity index (χ3v) is 3.71. The van der Waals surface area contributed by atoms with Gasteiger partial charge in [-0.25, -0.2) is 0 Å². The normalized spacial score (nSPS) is 10.4. The number of benzene rings is 2. The van der Waals surface area contributed by atoms with E-state index >= 15 is 0 Å². The highest BCUT2D eigenvalue weighted by Crippen LogP contribution is 2.28. The summed E-state index contributed by atoms with van der Waals surface area (Å²) in [6.45, 7) is 4.35. The van der Waals surface area contributed by atoms with Crippen molar-refractivity contribution in [2.45, 2.75) is 18.7 Å². The molecule has 16 heavy (non-hydrogen) atoms. The molecule has 0 heterocycles. The van der Waals surface area contributed by atoms with Crippen molar-refractivity contribution in [3.8, 4) is 11.1 Å². The molecule has 2 aromatic rings. The second-order valence-corrected chi connectivity index (χ2v) is 4.86. The molecule has 1 heteroatoms. The highest BCUT2D eigenvalue weighted by Gasteiger charge is 2.03. The van der Waals surface area contributed by atoms with Crippen LogP contribution in [0.3, 0.4) is 0 Å². The quantitative estimate of drug-likeness (QED) is 0.672. The van der Waals surface area contributed by atoms with E-state index in [-0.39, 0.29) is 0 Å². The van der Waals surface area contributed by atoms with Crippen LogP contribution in [0, 0.1) is 13.8 Å². The zero-order valence-corrected chi connectivity index (χ0v) is 10.8.